The lowest BCUT2D eigenvalue weighted by Gasteiger charge is -2.12. The van der Waals surface area contributed by atoms with Crippen molar-refractivity contribution < 1.29 is 18.3 Å². The molecule has 2 N–H and O–H groups in total. The summed E-state index contributed by atoms with van der Waals surface area (Å²) in [6.07, 6.45) is 2.16. The number of hydrogen-bond acceptors (Lipinski definition) is 5. The summed E-state index contributed by atoms with van der Waals surface area (Å²) in [6.45, 7) is 3.03. The Kier molecular flexibility index (Phi) is 5.18. The van der Waals surface area contributed by atoms with Crippen LogP contribution in [-0.4, -0.2) is 35.1 Å². The van der Waals surface area contributed by atoms with Crippen LogP contribution in [-0.2, 0) is 4.74 Å². The number of benzene rings is 1. The second kappa shape index (κ2) is 7.52. The molecule has 6 nitrogen and oxygen atoms in total. The molecule has 0 aliphatic carbocycles. The predicted octanol–water partition coefficient (Wildman–Crippen LogP) is 2.91. The summed E-state index contributed by atoms with van der Waals surface area (Å²) in [5, 5.41) is 5.63. The minimum absolute atomic E-state index is 0.132. The van der Waals surface area contributed by atoms with Crippen LogP contribution in [0.2, 0.25) is 0 Å². The first kappa shape index (κ1) is 17.2. The van der Waals surface area contributed by atoms with Crippen molar-refractivity contribution in [3.63, 3.8) is 0 Å². The maximum atomic E-state index is 13.2. The van der Waals surface area contributed by atoms with Crippen LogP contribution in [0.1, 0.15) is 29.2 Å². The Morgan fingerprint density at radius 2 is 2.12 bits per heavy atom. The Labute approximate surface area is 143 Å². The quantitative estimate of drug-likeness (QED) is 0.869. The van der Waals surface area contributed by atoms with E-state index in [1.54, 1.807) is 6.92 Å². The summed E-state index contributed by atoms with van der Waals surface area (Å²) in [5.41, 5.74) is 0.279. The van der Waals surface area contributed by atoms with Crippen molar-refractivity contribution >= 4 is 17.4 Å². The number of nitrogens with one attached hydrogen (secondary N) is 2. The van der Waals surface area contributed by atoms with Crippen LogP contribution in [0.3, 0.4) is 0 Å². The molecule has 1 saturated heterocycles. The molecule has 1 aromatic heterocycles. The van der Waals surface area contributed by atoms with Gasteiger partial charge in [-0.2, -0.15) is 0 Å². The van der Waals surface area contributed by atoms with Crippen molar-refractivity contribution in [3.05, 3.63) is 47.4 Å². The van der Waals surface area contributed by atoms with Crippen LogP contribution in [0.5, 0.6) is 0 Å². The Balaban J connectivity index is 1.69. The number of amides is 1. The van der Waals surface area contributed by atoms with Gasteiger partial charge in [0.15, 0.2) is 11.6 Å². The van der Waals surface area contributed by atoms with E-state index < -0.39 is 17.5 Å². The van der Waals surface area contributed by atoms with E-state index in [0.29, 0.717) is 18.2 Å². The predicted molar refractivity (Wildman–Crippen MR) is 88.5 cm³/mol. The Morgan fingerprint density at radius 1 is 1.28 bits per heavy atom. The van der Waals surface area contributed by atoms with Gasteiger partial charge in [-0.15, -0.1) is 0 Å². The number of hydrogen-bond donors (Lipinski definition) is 2. The topological polar surface area (TPSA) is 76.1 Å². The molecule has 2 heterocycles. The molecule has 1 aromatic carbocycles. The molecule has 1 unspecified atom stereocenters. The Morgan fingerprint density at radius 3 is 2.84 bits per heavy atom. The fourth-order valence-corrected chi connectivity index (χ4v) is 2.57. The third kappa shape index (κ3) is 4.48. The maximum Gasteiger partial charge on any atom is 0.274 e. The summed E-state index contributed by atoms with van der Waals surface area (Å²) in [7, 11) is 0. The highest BCUT2D eigenvalue weighted by atomic mass is 19.2. The Bertz CT molecular complexity index is 779. The van der Waals surface area contributed by atoms with Crippen LogP contribution in [0.15, 0.2) is 24.3 Å². The van der Waals surface area contributed by atoms with E-state index in [2.05, 4.69) is 20.6 Å². The number of carbonyl (C=O) groups is 1. The first-order chi connectivity index (χ1) is 12.0. The highest BCUT2D eigenvalue weighted by Gasteiger charge is 2.16. The molecule has 1 fully saturated rings. The zero-order chi connectivity index (χ0) is 17.8. The van der Waals surface area contributed by atoms with Gasteiger partial charge in [-0.25, -0.2) is 18.7 Å². The van der Waals surface area contributed by atoms with E-state index in [1.807, 2.05) is 0 Å². The van der Waals surface area contributed by atoms with Gasteiger partial charge < -0.3 is 15.4 Å². The van der Waals surface area contributed by atoms with Gasteiger partial charge in [0.1, 0.15) is 17.3 Å². The van der Waals surface area contributed by atoms with Crippen LogP contribution < -0.4 is 10.6 Å². The van der Waals surface area contributed by atoms with Gasteiger partial charge in [-0.1, -0.05) is 0 Å². The van der Waals surface area contributed by atoms with Gasteiger partial charge in [0, 0.05) is 31.0 Å². The monoisotopic (exact) mass is 348 g/mol. The molecule has 0 bridgehead atoms. The van der Waals surface area contributed by atoms with E-state index in [4.69, 9.17) is 4.74 Å². The molecule has 0 saturated carbocycles. The van der Waals surface area contributed by atoms with E-state index >= 15 is 0 Å². The first-order valence-corrected chi connectivity index (χ1v) is 7.99. The standard InChI is InChI=1S/C17H18F2N4O2/c1-10-21-15(8-16(22-10)20-9-12-3-2-6-25-12)17(24)23-11-4-5-13(18)14(19)7-11/h4-5,7-8,12H,2-3,6,9H2,1H3,(H,23,24)(H,20,21,22). The molecule has 1 amide bonds. The van der Waals surface area contributed by atoms with Crippen molar-refractivity contribution in [1.82, 2.24) is 9.97 Å². The normalized spacial score (nSPS) is 16.7. The molecular weight excluding hydrogens is 330 g/mol. The second-order valence-electron chi connectivity index (χ2n) is 5.78. The largest absolute Gasteiger partial charge is 0.376 e. The lowest BCUT2D eigenvalue weighted by Crippen LogP contribution is -2.20. The molecule has 0 radical (unpaired) electrons. The zero-order valence-electron chi connectivity index (χ0n) is 13.7. The van der Waals surface area contributed by atoms with E-state index in [-0.39, 0.29) is 17.5 Å². The molecule has 8 heteroatoms. The van der Waals surface area contributed by atoms with Crippen molar-refractivity contribution in [2.45, 2.75) is 25.9 Å². The first-order valence-electron chi connectivity index (χ1n) is 7.99. The molecule has 2 aromatic rings. The third-order valence-corrected chi connectivity index (χ3v) is 3.78. The summed E-state index contributed by atoms with van der Waals surface area (Å²) in [5.74, 6) is -1.60. The number of anilines is 2. The maximum absolute atomic E-state index is 13.2. The molecule has 1 atom stereocenters. The highest BCUT2D eigenvalue weighted by Crippen LogP contribution is 2.16. The van der Waals surface area contributed by atoms with Gasteiger partial charge in [-0.3, -0.25) is 4.79 Å². The fourth-order valence-electron chi connectivity index (χ4n) is 2.57. The van der Waals surface area contributed by atoms with Gasteiger partial charge in [-0.05, 0) is 31.9 Å². The average Bonchev–Trinajstić information content (AvgIpc) is 3.09. The van der Waals surface area contributed by atoms with Crippen LogP contribution >= 0.6 is 0 Å². The van der Waals surface area contributed by atoms with Crippen molar-refractivity contribution in [3.8, 4) is 0 Å². The number of carbonyl (C=O) groups excluding carboxylic acids is 1. The summed E-state index contributed by atoms with van der Waals surface area (Å²) in [6, 6.07) is 4.65. The van der Waals surface area contributed by atoms with Crippen LogP contribution in [0.4, 0.5) is 20.3 Å². The highest BCUT2D eigenvalue weighted by molar-refractivity contribution is 6.03. The summed E-state index contributed by atoms with van der Waals surface area (Å²) >= 11 is 0. The Hall–Kier alpha value is -2.61. The smallest absolute Gasteiger partial charge is 0.274 e. The number of nitrogens with zero attached hydrogens (tertiary/aromatic N) is 2. The molecular formula is C17H18F2N4O2. The molecule has 1 aliphatic heterocycles. The van der Waals surface area contributed by atoms with Gasteiger partial charge in [0.2, 0.25) is 0 Å². The molecule has 3 rings (SSSR count). The number of aryl methyl sites for hydroxylation is 1. The summed E-state index contributed by atoms with van der Waals surface area (Å²) in [4.78, 5) is 20.6. The third-order valence-electron chi connectivity index (χ3n) is 3.78. The van der Waals surface area contributed by atoms with Crippen molar-refractivity contribution in [2.24, 2.45) is 0 Å². The van der Waals surface area contributed by atoms with Crippen molar-refractivity contribution in [2.75, 3.05) is 23.8 Å². The van der Waals surface area contributed by atoms with Crippen LogP contribution in [0.25, 0.3) is 0 Å². The van der Waals surface area contributed by atoms with Gasteiger partial charge >= 0.3 is 0 Å². The summed E-state index contributed by atoms with van der Waals surface area (Å²) < 4.78 is 31.7. The molecule has 0 spiro atoms. The zero-order valence-corrected chi connectivity index (χ0v) is 13.7. The number of rotatable bonds is 5. The van der Waals surface area contributed by atoms with Crippen LogP contribution in [0, 0.1) is 18.6 Å². The number of halogens is 2. The van der Waals surface area contributed by atoms with E-state index in [9.17, 15) is 13.6 Å². The second-order valence-corrected chi connectivity index (χ2v) is 5.78. The number of aromatic nitrogens is 2. The number of ether oxygens (including phenoxy) is 1. The fraction of sp³-hybridized carbons (Fsp3) is 0.353. The van der Waals surface area contributed by atoms with Crippen molar-refractivity contribution in [1.29, 1.82) is 0 Å². The van der Waals surface area contributed by atoms with Gasteiger partial charge in [0.25, 0.3) is 5.91 Å². The SMILES string of the molecule is Cc1nc(NCC2CCCO2)cc(C(=O)Nc2ccc(F)c(F)c2)n1. The van der Waals surface area contributed by atoms with E-state index in [1.165, 1.54) is 12.1 Å². The van der Waals surface area contributed by atoms with Gasteiger partial charge in [0.05, 0.1) is 6.10 Å². The minimum atomic E-state index is -1.03. The molecule has 132 valence electrons. The molecule has 25 heavy (non-hydrogen) atoms. The average molecular weight is 348 g/mol. The van der Waals surface area contributed by atoms with E-state index in [0.717, 1.165) is 31.6 Å². The lowest BCUT2D eigenvalue weighted by molar-refractivity contribution is 0.102. The lowest BCUT2D eigenvalue weighted by atomic mass is 10.2. The molecule has 1 aliphatic rings. The minimum Gasteiger partial charge on any atom is -0.376 e.